The molecule has 0 aromatic rings. The second-order valence-electron chi connectivity index (χ2n) is 2.28. The van der Waals surface area contributed by atoms with Crippen LogP contribution in [0.5, 0.6) is 0 Å². The molecule has 1 fully saturated rings. The van der Waals surface area contributed by atoms with E-state index >= 15 is 0 Å². The van der Waals surface area contributed by atoms with Gasteiger partial charge < -0.3 is 9.84 Å². The maximum atomic E-state index is 10.3. The van der Waals surface area contributed by atoms with Crippen molar-refractivity contribution in [2.24, 2.45) is 5.92 Å². The fourth-order valence-electron chi connectivity index (χ4n) is 0.541. The number of carbonyl (C=O) groups is 1. The average molecular weight is 130 g/mol. The predicted molar refractivity (Wildman–Crippen MR) is 30.8 cm³/mol. The summed E-state index contributed by atoms with van der Waals surface area (Å²) in [5.74, 6) is 0.0717. The summed E-state index contributed by atoms with van der Waals surface area (Å²) < 4.78 is 4.63. The van der Waals surface area contributed by atoms with Gasteiger partial charge in [0.05, 0.1) is 6.61 Å². The Morgan fingerprint density at radius 2 is 2.33 bits per heavy atom. The lowest BCUT2D eigenvalue weighted by atomic mass is 10.5. The number of aliphatic hydroxyl groups is 1. The number of ether oxygens (including phenoxy) is 1. The molecule has 0 atom stereocenters. The minimum atomic E-state index is -0.512. The van der Waals surface area contributed by atoms with Gasteiger partial charge in [-0.15, -0.1) is 0 Å². The lowest BCUT2D eigenvalue weighted by Gasteiger charge is -1.98. The van der Waals surface area contributed by atoms with E-state index in [1.54, 1.807) is 0 Å². The molecule has 0 bridgehead atoms. The smallest absolute Gasteiger partial charge is 0.331 e. The normalized spacial score (nSPS) is 17.4. The van der Waals surface area contributed by atoms with Crippen molar-refractivity contribution in [3.05, 3.63) is 0 Å². The molecule has 0 saturated heterocycles. The Labute approximate surface area is 53.6 Å². The number of carbonyl (C=O) groups excluding carboxylic acids is 1. The topological polar surface area (TPSA) is 46.5 Å². The molecular formula is C6H10O3. The van der Waals surface area contributed by atoms with Crippen molar-refractivity contribution >= 4 is 5.97 Å². The Morgan fingerprint density at radius 3 is 2.78 bits per heavy atom. The van der Waals surface area contributed by atoms with Crippen LogP contribution in [0.2, 0.25) is 0 Å². The molecule has 1 aliphatic rings. The lowest BCUT2D eigenvalue weighted by Crippen LogP contribution is -2.10. The van der Waals surface area contributed by atoms with Crippen LogP contribution in [0.1, 0.15) is 12.8 Å². The predicted octanol–water partition coefficient (Wildman–Crippen LogP) is -0.0681. The first-order valence-corrected chi connectivity index (χ1v) is 3.09. The standard InChI is InChI=1S/C6H10O3/c7-3-6(8)9-4-5-1-2-5/h5,7H,1-4H2. The number of rotatable bonds is 3. The third-order valence-corrected chi connectivity index (χ3v) is 1.31. The van der Waals surface area contributed by atoms with Crippen LogP contribution >= 0.6 is 0 Å². The molecule has 0 heterocycles. The van der Waals surface area contributed by atoms with Gasteiger partial charge in [0.25, 0.3) is 0 Å². The molecule has 0 radical (unpaired) electrons. The quantitative estimate of drug-likeness (QED) is 0.544. The second-order valence-corrected chi connectivity index (χ2v) is 2.28. The number of aliphatic hydroxyl groups excluding tert-OH is 1. The van der Waals surface area contributed by atoms with Crippen molar-refractivity contribution in [1.29, 1.82) is 0 Å². The van der Waals surface area contributed by atoms with Gasteiger partial charge in [0.15, 0.2) is 0 Å². The third kappa shape index (κ3) is 2.46. The van der Waals surface area contributed by atoms with Crippen LogP contribution in [-0.2, 0) is 9.53 Å². The molecular weight excluding hydrogens is 120 g/mol. The zero-order chi connectivity index (χ0) is 6.69. The van der Waals surface area contributed by atoms with E-state index in [1.165, 1.54) is 12.8 Å². The SMILES string of the molecule is O=C(CO)OCC1CC1. The molecule has 0 aliphatic heterocycles. The van der Waals surface area contributed by atoms with Crippen LogP contribution in [-0.4, -0.2) is 24.3 Å². The first kappa shape index (κ1) is 6.55. The molecule has 0 aromatic carbocycles. The monoisotopic (exact) mass is 130 g/mol. The zero-order valence-corrected chi connectivity index (χ0v) is 5.17. The van der Waals surface area contributed by atoms with Gasteiger partial charge in [0, 0.05) is 0 Å². The first-order valence-electron chi connectivity index (χ1n) is 3.09. The van der Waals surface area contributed by atoms with Crippen LogP contribution in [0.4, 0.5) is 0 Å². The fraction of sp³-hybridized carbons (Fsp3) is 0.833. The summed E-state index contributed by atoms with van der Waals surface area (Å²) in [7, 11) is 0. The summed E-state index contributed by atoms with van der Waals surface area (Å²) in [4.78, 5) is 10.3. The molecule has 9 heavy (non-hydrogen) atoms. The van der Waals surface area contributed by atoms with Crippen LogP contribution < -0.4 is 0 Å². The van der Waals surface area contributed by atoms with E-state index < -0.39 is 12.6 Å². The Bertz CT molecular complexity index is 107. The highest BCUT2D eigenvalue weighted by atomic mass is 16.5. The first-order chi connectivity index (χ1) is 4.33. The molecule has 52 valence electrons. The van der Waals surface area contributed by atoms with Crippen molar-refractivity contribution < 1.29 is 14.6 Å². The molecule has 1 aliphatic carbocycles. The van der Waals surface area contributed by atoms with E-state index in [0.29, 0.717) is 12.5 Å². The molecule has 1 N–H and O–H groups in total. The van der Waals surface area contributed by atoms with Gasteiger partial charge in [0.2, 0.25) is 0 Å². The molecule has 1 saturated carbocycles. The minimum Gasteiger partial charge on any atom is -0.464 e. The fourth-order valence-corrected chi connectivity index (χ4v) is 0.541. The van der Waals surface area contributed by atoms with Crippen LogP contribution in [0, 0.1) is 5.92 Å². The van der Waals surface area contributed by atoms with Crippen LogP contribution in [0.3, 0.4) is 0 Å². The Kier molecular flexibility index (Phi) is 2.05. The summed E-state index contributed by atoms with van der Waals surface area (Å²) in [5, 5.41) is 8.19. The third-order valence-electron chi connectivity index (χ3n) is 1.31. The van der Waals surface area contributed by atoms with Crippen LogP contribution in [0.15, 0.2) is 0 Å². The van der Waals surface area contributed by atoms with Gasteiger partial charge in [0.1, 0.15) is 6.61 Å². The van der Waals surface area contributed by atoms with E-state index in [-0.39, 0.29) is 0 Å². The van der Waals surface area contributed by atoms with E-state index in [4.69, 9.17) is 5.11 Å². The largest absolute Gasteiger partial charge is 0.464 e. The zero-order valence-electron chi connectivity index (χ0n) is 5.17. The van der Waals surface area contributed by atoms with Crippen molar-refractivity contribution in [3.8, 4) is 0 Å². The van der Waals surface area contributed by atoms with Crippen molar-refractivity contribution in [1.82, 2.24) is 0 Å². The van der Waals surface area contributed by atoms with E-state index in [1.807, 2.05) is 0 Å². The number of hydrogen-bond acceptors (Lipinski definition) is 3. The van der Waals surface area contributed by atoms with Gasteiger partial charge in [-0.3, -0.25) is 0 Å². The highest BCUT2D eigenvalue weighted by molar-refractivity contribution is 5.70. The number of esters is 1. The van der Waals surface area contributed by atoms with E-state index in [9.17, 15) is 4.79 Å². The molecule has 3 heteroatoms. The van der Waals surface area contributed by atoms with Gasteiger partial charge in [-0.2, -0.15) is 0 Å². The van der Waals surface area contributed by atoms with E-state index in [0.717, 1.165) is 0 Å². The van der Waals surface area contributed by atoms with Crippen molar-refractivity contribution in [3.63, 3.8) is 0 Å². The summed E-state index contributed by atoms with van der Waals surface area (Å²) in [6.07, 6.45) is 2.33. The molecule has 1 rings (SSSR count). The number of hydrogen-bond donors (Lipinski definition) is 1. The van der Waals surface area contributed by atoms with Gasteiger partial charge in [-0.1, -0.05) is 0 Å². The maximum absolute atomic E-state index is 10.3. The summed E-state index contributed by atoms with van der Waals surface area (Å²) in [5.41, 5.74) is 0. The summed E-state index contributed by atoms with van der Waals surface area (Å²) in [6.45, 7) is 0.00606. The Morgan fingerprint density at radius 1 is 1.67 bits per heavy atom. The van der Waals surface area contributed by atoms with Gasteiger partial charge >= 0.3 is 5.97 Å². The Balaban J connectivity index is 1.96. The van der Waals surface area contributed by atoms with Gasteiger partial charge in [-0.25, -0.2) is 4.79 Å². The maximum Gasteiger partial charge on any atom is 0.331 e. The molecule has 0 unspecified atom stereocenters. The second kappa shape index (κ2) is 2.82. The summed E-state index contributed by atoms with van der Waals surface area (Å²) >= 11 is 0. The van der Waals surface area contributed by atoms with E-state index in [2.05, 4.69) is 4.74 Å². The van der Waals surface area contributed by atoms with Gasteiger partial charge in [-0.05, 0) is 18.8 Å². The average Bonchev–Trinajstić information content (AvgIpc) is 2.65. The Hall–Kier alpha value is -0.570. The van der Waals surface area contributed by atoms with Crippen LogP contribution in [0.25, 0.3) is 0 Å². The molecule has 3 nitrogen and oxygen atoms in total. The van der Waals surface area contributed by atoms with Crippen molar-refractivity contribution in [2.75, 3.05) is 13.2 Å². The molecule has 0 spiro atoms. The lowest BCUT2D eigenvalue weighted by molar-refractivity contribution is -0.147. The highest BCUT2D eigenvalue weighted by Gasteiger charge is 2.22. The molecule has 0 amide bonds. The summed E-state index contributed by atoms with van der Waals surface area (Å²) in [6, 6.07) is 0. The minimum absolute atomic E-state index is 0.493. The molecule has 0 aromatic heterocycles. The van der Waals surface area contributed by atoms with Crippen molar-refractivity contribution in [2.45, 2.75) is 12.8 Å². The highest BCUT2D eigenvalue weighted by Crippen LogP contribution is 2.28.